The third kappa shape index (κ3) is 1.94. The van der Waals surface area contributed by atoms with Gasteiger partial charge in [-0.25, -0.2) is 0 Å². The van der Waals surface area contributed by atoms with E-state index in [-0.39, 0.29) is 0 Å². The van der Waals surface area contributed by atoms with E-state index in [2.05, 4.69) is 40.2 Å². The Hall–Kier alpha value is -0.340. The van der Waals surface area contributed by atoms with Crippen LogP contribution in [0, 0.1) is 0 Å². The fourth-order valence-corrected chi connectivity index (χ4v) is 2.03. The van der Waals surface area contributed by atoms with Gasteiger partial charge in [0.25, 0.3) is 0 Å². The van der Waals surface area contributed by atoms with E-state index in [0.717, 1.165) is 10.4 Å². The van der Waals surface area contributed by atoms with Crippen LogP contribution in [0.3, 0.4) is 0 Å². The monoisotopic (exact) mass is 240 g/mol. The van der Waals surface area contributed by atoms with Gasteiger partial charge in [-0.3, -0.25) is 0 Å². The molecule has 1 nitrogen and oxygen atoms in total. The average molecular weight is 241 g/mol. The minimum Gasteiger partial charge on any atom is -0.381 e. The fraction of sp³-hybridized carbons (Fsp3) is 0.455. The Balaban J connectivity index is 1.99. The highest BCUT2D eigenvalue weighted by Crippen LogP contribution is 2.38. The Kier molecular flexibility index (Phi) is 2.70. The first kappa shape index (κ1) is 9.22. The molecule has 0 amide bonds. The van der Waals surface area contributed by atoms with Crippen LogP contribution in [0.2, 0.25) is 0 Å². The van der Waals surface area contributed by atoms with E-state index in [4.69, 9.17) is 4.74 Å². The first-order valence-electron chi connectivity index (χ1n) is 4.58. The van der Waals surface area contributed by atoms with Crippen LogP contribution in [0.25, 0.3) is 0 Å². The van der Waals surface area contributed by atoms with Crippen LogP contribution >= 0.6 is 15.9 Å². The lowest BCUT2D eigenvalue weighted by Gasteiger charge is -2.34. The van der Waals surface area contributed by atoms with Crippen molar-refractivity contribution in [3.05, 3.63) is 34.3 Å². The second-order valence-electron chi connectivity index (χ2n) is 3.58. The lowest BCUT2D eigenvalue weighted by Crippen LogP contribution is -2.28. The third-order valence-electron chi connectivity index (χ3n) is 2.77. The van der Waals surface area contributed by atoms with Gasteiger partial charge in [-0.1, -0.05) is 28.1 Å². The van der Waals surface area contributed by atoms with Crippen molar-refractivity contribution in [1.29, 1.82) is 0 Å². The molecule has 1 aromatic carbocycles. The molecule has 0 aromatic heterocycles. The van der Waals surface area contributed by atoms with Gasteiger partial charge in [-0.05, 0) is 36.5 Å². The summed E-state index contributed by atoms with van der Waals surface area (Å²) in [6.07, 6.45) is 2.85. The SMILES string of the molecule is COC1CC(c2ccc(Br)cc2)C1. The van der Waals surface area contributed by atoms with Crippen LogP contribution in [0.4, 0.5) is 0 Å². The molecule has 1 aromatic rings. The van der Waals surface area contributed by atoms with Crippen molar-refractivity contribution in [2.45, 2.75) is 24.9 Å². The molecule has 13 heavy (non-hydrogen) atoms. The van der Waals surface area contributed by atoms with E-state index in [9.17, 15) is 0 Å². The Labute approximate surface area is 87.2 Å². The van der Waals surface area contributed by atoms with Gasteiger partial charge in [0.05, 0.1) is 6.10 Å². The molecule has 1 saturated carbocycles. The van der Waals surface area contributed by atoms with Gasteiger partial charge in [0.15, 0.2) is 0 Å². The van der Waals surface area contributed by atoms with Gasteiger partial charge in [0, 0.05) is 11.6 Å². The summed E-state index contributed by atoms with van der Waals surface area (Å²) in [7, 11) is 1.79. The second kappa shape index (κ2) is 3.81. The fourth-order valence-electron chi connectivity index (χ4n) is 1.77. The molecule has 0 spiro atoms. The molecule has 0 unspecified atom stereocenters. The number of hydrogen-bond acceptors (Lipinski definition) is 1. The summed E-state index contributed by atoms with van der Waals surface area (Å²) in [4.78, 5) is 0. The standard InChI is InChI=1S/C11H13BrO/c1-13-11-6-9(7-11)8-2-4-10(12)5-3-8/h2-5,9,11H,6-7H2,1H3. The van der Waals surface area contributed by atoms with Gasteiger partial charge < -0.3 is 4.74 Å². The third-order valence-corrected chi connectivity index (χ3v) is 3.30. The summed E-state index contributed by atoms with van der Waals surface area (Å²) in [5.41, 5.74) is 1.44. The molecule has 0 heterocycles. The number of halogens is 1. The molecule has 0 aliphatic heterocycles. The predicted molar refractivity (Wildman–Crippen MR) is 56.9 cm³/mol. The number of benzene rings is 1. The molecule has 1 fully saturated rings. The highest BCUT2D eigenvalue weighted by molar-refractivity contribution is 9.10. The van der Waals surface area contributed by atoms with Crippen molar-refractivity contribution in [2.75, 3.05) is 7.11 Å². The predicted octanol–water partition coefficient (Wildman–Crippen LogP) is 3.34. The maximum absolute atomic E-state index is 5.25. The molecule has 0 saturated heterocycles. The molecule has 2 heteroatoms. The zero-order valence-corrected chi connectivity index (χ0v) is 9.25. The first-order valence-corrected chi connectivity index (χ1v) is 5.37. The Morgan fingerprint density at radius 2 is 1.85 bits per heavy atom. The van der Waals surface area contributed by atoms with E-state index >= 15 is 0 Å². The van der Waals surface area contributed by atoms with Crippen molar-refractivity contribution in [1.82, 2.24) is 0 Å². The normalized spacial score (nSPS) is 26.9. The summed E-state index contributed by atoms with van der Waals surface area (Å²) >= 11 is 3.44. The van der Waals surface area contributed by atoms with Crippen LogP contribution in [0.5, 0.6) is 0 Å². The summed E-state index contributed by atoms with van der Waals surface area (Å²) in [5.74, 6) is 0.720. The van der Waals surface area contributed by atoms with Gasteiger partial charge >= 0.3 is 0 Å². The number of methoxy groups -OCH3 is 1. The van der Waals surface area contributed by atoms with Crippen molar-refractivity contribution in [2.24, 2.45) is 0 Å². The molecule has 0 N–H and O–H groups in total. The maximum atomic E-state index is 5.25. The molecule has 0 atom stereocenters. The van der Waals surface area contributed by atoms with Crippen molar-refractivity contribution in [3.63, 3.8) is 0 Å². The molecule has 2 rings (SSSR count). The summed E-state index contributed by atoms with van der Waals surface area (Å²) in [6.45, 7) is 0. The van der Waals surface area contributed by atoms with Crippen molar-refractivity contribution < 1.29 is 4.74 Å². The number of ether oxygens (including phenoxy) is 1. The molecular formula is C11H13BrO. The Bertz CT molecular complexity index is 275. The summed E-state index contributed by atoms with van der Waals surface area (Å²) in [6, 6.07) is 8.60. The average Bonchev–Trinajstić information content (AvgIpc) is 2.06. The minimum absolute atomic E-state index is 0.494. The van der Waals surface area contributed by atoms with E-state index < -0.39 is 0 Å². The van der Waals surface area contributed by atoms with Gasteiger partial charge in [0.1, 0.15) is 0 Å². The maximum Gasteiger partial charge on any atom is 0.0583 e. The van der Waals surface area contributed by atoms with E-state index in [1.54, 1.807) is 7.11 Å². The minimum atomic E-state index is 0.494. The van der Waals surface area contributed by atoms with Crippen molar-refractivity contribution >= 4 is 15.9 Å². The molecule has 1 aliphatic carbocycles. The molecular weight excluding hydrogens is 228 g/mol. The number of hydrogen-bond donors (Lipinski definition) is 0. The van der Waals surface area contributed by atoms with E-state index in [1.807, 2.05) is 0 Å². The lowest BCUT2D eigenvalue weighted by molar-refractivity contribution is 0.0258. The van der Waals surface area contributed by atoms with E-state index in [1.165, 1.54) is 18.4 Å². The summed E-state index contributed by atoms with van der Waals surface area (Å²) in [5, 5.41) is 0. The highest BCUT2D eigenvalue weighted by Gasteiger charge is 2.29. The zero-order chi connectivity index (χ0) is 9.26. The first-order chi connectivity index (χ1) is 6.29. The quantitative estimate of drug-likeness (QED) is 0.771. The molecule has 1 aliphatic rings. The van der Waals surface area contributed by atoms with Crippen LogP contribution in [0.15, 0.2) is 28.7 Å². The topological polar surface area (TPSA) is 9.23 Å². The van der Waals surface area contributed by atoms with E-state index in [0.29, 0.717) is 6.10 Å². The lowest BCUT2D eigenvalue weighted by atomic mass is 9.77. The Morgan fingerprint density at radius 3 is 2.38 bits per heavy atom. The van der Waals surface area contributed by atoms with Gasteiger partial charge in [0.2, 0.25) is 0 Å². The van der Waals surface area contributed by atoms with Crippen molar-refractivity contribution in [3.8, 4) is 0 Å². The highest BCUT2D eigenvalue weighted by atomic mass is 79.9. The number of rotatable bonds is 2. The van der Waals surface area contributed by atoms with Crippen LogP contribution in [-0.2, 0) is 4.74 Å². The van der Waals surface area contributed by atoms with Crippen LogP contribution < -0.4 is 0 Å². The molecule has 70 valence electrons. The molecule has 0 radical (unpaired) electrons. The summed E-state index contributed by atoms with van der Waals surface area (Å²) < 4.78 is 6.40. The van der Waals surface area contributed by atoms with Crippen LogP contribution in [0.1, 0.15) is 24.3 Å². The molecule has 0 bridgehead atoms. The largest absolute Gasteiger partial charge is 0.381 e. The van der Waals surface area contributed by atoms with Crippen LogP contribution in [-0.4, -0.2) is 13.2 Å². The van der Waals surface area contributed by atoms with Gasteiger partial charge in [-0.15, -0.1) is 0 Å². The zero-order valence-electron chi connectivity index (χ0n) is 7.66. The Morgan fingerprint density at radius 1 is 1.23 bits per heavy atom. The van der Waals surface area contributed by atoms with Gasteiger partial charge in [-0.2, -0.15) is 0 Å². The smallest absolute Gasteiger partial charge is 0.0583 e. The second-order valence-corrected chi connectivity index (χ2v) is 4.49.